The van der Waals surface area contributed by atoms with Gasteiger partial charge in [-0.3, -0.25) is 0 Å². The SMILES string of the molecule is CC#CCOc1c(C)cc(CNCCOC)cc1C. The molecule has 0 aromatic heterocycles. The third-order valence-corrected chi connectivity index (χ3v) is 2.80. The summed E-state index contributed by atoms with van der Waals surface area (Å²) in [6.07, 6.45) is 0. The zero-order valence-electron chi connectivity index (χ0n) is 12.3. The number of nitrogens with one attached hydrogen (secondary N) is 1. The molecule has 0 radical (unpaired) electrons. The van der Waals surface area contributed by atoms with E-state index in [-0.39, 0.29) is 0 Å². The van der Waals surface area contributed by atoms with Gasteiger partial charge < -0.3 is 14.8 Å². The Morgan fingerprint density at radius 2 is 1.89 bits per heavy atom. The fraction of sp³-hybridized carbons (Fsp3) is 0.500. The maximum atomic E-state index is 5.69. The van der Waals surface area contributed by atoms with Gasteiger partial charge in [-0.05, 0) is 37.5 Å². The Balaban J connectivity index is 2.64. The minimum absolute atomic E-state index is 0.448. The Labute approximate surface area is 116 Å². The van der Waals surface area contributed by atoms with Crippen LogP contribution in [0.5, 0.6) is 5.75 Å². The second kappa shape index (κ2) is 8.58. The molecule has 0 heterocycles. The third kappa shape index (κ3) is 5.34. The predicted octanol–water partition coefficient (Wildman–Crippen LogP) is 2.44. The maximum absolute atomic E-state index is 5.69. The van der Waals surface area contributed by atoms with Crippen molar-refractivity contribution in [2.24, 2.45) is 0 Å². The van der Waals surface area contributed by atoms with Gasteiger partial charge in [0.25, 0.3) is 0 Å². The molecule has 0 bridgehead atoms. The Bertz CT molecular complexity index is 435. The van der Waals surface area contributed by atoms with E-state index < -0.39 is 0 Å². The zero-order chi connectivity index (χ0) is 14.1. The van der Waals surface area contributed by atoms with Crippen LogP contribution in [0.25, 0.3) is 0 Å². The molecule has 104 valence electrons. The highest BCUT2D eigenvalue weighted by molar-refractivity contribution is 5.43. The third-order valence-electron chi connectivity index (χ3n) is 2.80. The van der Waals surface area contributed by atoms with Gasteiger partial charge in [-0.25, -0.2) is 0 Å². The molecule has 0 aliphatic heterocycles. The Kier molecular flexibility index (Phi) is 7.02. The van der Waals surface area contributed by atoms with E-state index in [2.05, 4.69) is 43.1 Å². The highest BCUT2D eigenvalue weighted by Crippen LogP contribution is 2.24. The van der Waals surface area contributed by atoms with Crippen LogP contribution in [0.15, 0.2) is 12.1 Å². The number of hydrogen-bond acceptors (Lipinski definition) is 3. The van der Waals surface area contributed by atoms with Crippen molar-refractivity contribution in [2.45, 2.75) is 27.3 Å². The molecular formula is C16H23NO2. The molecule has 0 amide bonds. The first-order chi connectivity index (χ1) is 9.19. The highest BCUT2D eigenvalue weighted by atomic mass is 16.5. The molecule has 1 aromatic rings. The lowest BCUT2D eigenvalue weighted by molar-refractivity contribution is 0.199. The van der Waals surface area contributed by atoms with Crippen molar-refractivity contribution >= 4 is 0 Å². The van der Waals surface area contributed by atoms with Crippen molar-refractivity contribution in [2.75, 3.05) is 26.9 Å². The van der Waals surface area contributed by atoms with E-state index in [0.717, 1.165) is 36.6 Å². The molecule has 0 saturated carbocycles. The van der Waals surface area contributed by atoms with Gasteiger partial charge in [-0.2, -0.15) is 0 Å². The Hall–Kier alpha value is -1.50. The van der Waals surface area contributed by atoms with E-state index in [1.54, 1.807) is 7.11 Å². The van der Waals surface area contributed by atoms with Crippen LogP contribution in [-0.2, 0) is 11.3 Å². The van der Waals surface area contributed by atoms with Crippen molar-refractivity contribution in [1.82, 2.24) is 5.32 Å². The monoisotopic (exact) mass is 261 g/mol. The first kappa shape index (κ1) is 15.6. The van der Waals surface area contributed by atoms with Gasteiger partial charge in [0.2, 0.25) is 0 Å². The summed E-state index contributed by atoms with van der Waals surface area (Å²) in [6, 6.07) is 4.31. The second-order valence-electron chi connectivity index (χ2n) is 4.44. The molecule has 0 aliphatic rings. The molecule has 3 heteroatoms. The Morgan fingerprint density at radius 3 is 2.47 bits per heavy atom. The van der Waals surface area contributed by atoms with Crippen LogP contribution in [0.4, 0.5) is 0 Å². The standard InChI is InChI=1S/C16H23NO2/c1-5-6-8-19-16-13(2)10-15(11-14(16)3)12-17-7-9-18-4/h10-11,17H,7-9,12H2,1-4H3. The summed E-state index contributed by atoms with van der Waals surface area (Å²) < 4.78 is 10.7. The van der Waals surface area contributed by atoms with Crippen molar-refractivity contribution in [3.63, 3.8) is 0 Å². The van der Waals surface area contributed by atoms with Gasteiger partial charge in [-0.15, -0.1) is 5.92 Å². The molecule has 3 nitrogen and oxygen atoms in total. The lowest BCUT2D eigenvalue weighted by atomic mass is 10.1. The molecule has 1 rings (SSSR count). The van der Waals surface area contributed by atoms with E-state index in [4.69, 9.17) is 9.47 Å². The first-order valence-electron chi connectivity index (χ1n) is 6.51. The molecule has 0 unspecified atom stereocenters. The van der Waals surface area contributed by atoms with Crippen molar-refractivity contribution in [3.05, 3.63) is 28.8 Å². The second-order valence-corrected chi connectivity index (χ2v) is 4.44. The fourth-order valence-corrected chi connectivity index (χ4v) is 1.96. The minimum Gasteiger partial charge on any atom is -0.480 e. The van der Waals surface area contributed by atoms with Crippen LogP contribution in [0.3, 0.4) is 0 Å². The van der Waals surface area contributed by atoms with Crippen LogP contribution in [0.1, 0.15) is 23.6 Å². The summed E-state index contributed by atoms with van der Waals surface area (Å²) in [6.45, 7) is 8.84. The molecule has 1 aromatic carbocycles. The molecule has 0 aliphatic carbocycles. The number of benzene rings is 1. The normalized spacial score (nSPS) is 9.89. The molecule has 0 spiro atoms. The topological polar surface area (TPSA) is 30.5 Å². The molecule has 1 N–H and O–H groups in total. The number of hydrogen-bond donors (Lipinski definition) is 1. The van der Waals surface area contributed by atoms with Crippen LogP contribution in [0.2, 0.25) is 0 Å². The Morgan fingerprint density at radius 1 is 1.21 bits per heavy atom. The number of methoxy groups -OCH3 is 1. The van der Waals surface area contributed by atoms with Crippen LogP contribution in [0, 0.1) is 25.7 Å². The summed E-state index contributed by atoms with van der Waals surface area (Å²) in [4.78, 5) is 0. The molecule has 0 atom stereocenters. The largest absolute Gasteiger partial charge is 0.480 e. The van der Waals surface area contributed by atoms with Crippen LogP contribution >= 0.6 is 0 Å². The quantitative estimate of drug-likeness (QED) is 0.604. The van der Waals surface area contributed by atoms with Crippen molar-refractivity contribution < 1.29 is 9.47 Å². The van der Waals surface area contributed by atoms with Crippen LogP contribution < -0.4 is 10.1 Å². The van der Waals surface area contributed by atoms with Gasteiger partial charge in [0.05, 0.1) is 6.61 Å². The summed E-state index contributed by atoms with van der Waals surface area (Å²) in [5, 5.41) is 3.34. The van der Waals surface area contributed by atoms with E-state index >= 15 is 0 Å². The van der Waals surface area contributed by atoms with E-state index in [1.807, 2.05) is 6.92 Å². The molecule has 0 saturated heterocycles. The molecule has 19 heavy (non-hydrogen) atoms. The average Bonchev–Trinajstić information content (AvgIpc) is 2.38. The number of rotatable bonds is 7. The lowest BCUT2D eigenvalue weighted by Gasteiger charge is -2.13. The summed E-state index contributed by atoms with van der Waals surface area (Å²) >= 11 is 0. The van der Waals surface area contributed by atoms with Gasteiger partial charge in [-0.1, -0.05) is 18.1 Å². The van der Waals surface area contributed by atoms with E-state index in [0.29, 0.717) is 6.61 Å². The van der Waals surface area contributed by atoms with Crippen molar-refractivity contribution in [3.8, 4) is 17.6 Å². The highest BCUT2D eigenvalue weighted by Gasteiger charge is 2.06. The first-order valence-corrected chi connectivity index (χ1v) is 6.51. The van der Waals surface area contributed by atoms with E-state index in [9.17, 15) is 0 Å². The number of ether oxygens (including phenoxy) is 2. The molecule has 0 fully saturated rings. The zero-order valence-corrected chi connectivity index (χ0v) is 12.3. The van der Waals surface area contributed by atoms with Gasteiger partial charge >= 0.3 is 0 Å². The summed E-state index contributed by atoms with van der Waals surface area (Å²) in [5.41, 5.74) is 3.57. The number of aryl methyl sites for hydroxylation is 2. The van der Waals surface area contributed by atoms with Crippen molar-refractivity contribution in [1.29, 1.82) is 0 Å². The summed E-state index contributed by atoms with van der Waals surface area (Å²) in [5.74, 6) is 6.69. The lowest BCUT2D eigenvalue weighted by Crippen LogP contribution is -2.18. The minimum atomic E-state index is 0.448. The smallest absolute Gasteiger partial charge is 0.149 e. The van der Waals surface area contributed by atoms with Gasteiger partial charge in [0.1, 0.15) is 12.4 Å². The summed E-state index contributed by atoms with van der Waals surface area (Å²) in [7, 11) is 1.71. The predicted molar refractivity (Wildman–Crippen MR) is 78.4 cm³/mol. The fourth-order valence-electron chi connectivity index (χ4n) is 1.96. The van der Waals surface area contributed by atoms with Crippen LogP contribution in [-0.4, -0.2) is 26.9 Å². The van der Waals surface area contributed by atoms with E-state index in [1.165, 1.54) is 5.56 Å². The van der Waals surface area contributed by atoms with Gasteiger partial charge in [0.15, 0.2) is 0 Å². The average molecular weight is 261 g/mol. The molecular weight excluding hydrogens is 238 g/mol. The maximum Gasteiger partial charge on any atom is 0.149 e. The van der Waals surface area contributed by atoms with Gasteiger partial charge in [0, 0.05) is 20.2 Å².